The lowest BCUT2D eigenvalue weighted by Crippen LogP contribution is -2.52. The molecule has 98 valence electrons. The number of carbonyl (C=O) groups is 1. The first kappa shape index (κ1) is 13.0. The fourth-order valence-corrected chi connectivity index (χ4v) is 3.26. The summed E-state index contributed by atoms with van der Waals surface area (Å²) in [7, 11) is 0. The molecule has 0 unspecified atom stereocenters. The number of carbonyl (C=O) groups excluding carboxylic acids is 1. The fourth-order valence-electron chi connectivity index (χ4n) is 3.26. The average Bonchev–Trinajstić information content (AvgIpc) is 2.29. The molecule has 1 saturated heterocycles. The molecule has 0 aromatic carbocycles. The number of aldehydes is 1. The molecule has 2 aliphatic rings. The highest BCUT2D eigenvalue weighted by atomic mass is 16.5. The molecule has 0 aromatic rings. The standard InChI is InChI=1S/C14H25NO2/c1-13(2)10-15(8-9-17-13)11-14(12-16)6-4-3-5-7-14/h12H,3-11H2,1-2H3. The van der Waals surface area contributed by atoms with Crippen molar-refractivity contribution in [2.45, 2.75) is 51.6 Å². The molecule has 2 rings (SSSR count). The van der Waals surface area contributed by atoms with Crippen molar-refractivity contribution in [3.8, 4) is 0 Å². The Morgan fingerprint density at radius 3 is 2.53 bits per heavy atom. The van der Waals surface area contributed by atoms with Crippen LogP contribution < -0.4 is 0 Å². The van der Waals surface area contributed by atoms with E-state index in [1.54, 1.807) is 0 Å². The second-order valence-corrected chi connectivity index (χ2v) is 6.36. The minimum absolute atomic E-state index is 0.0585. The predicted octanol–water partition coefficient (Wildman–Crippen LogP) is 2.25. The highest BCUT2D eigenvalue weighted by molar-refractivity contribution is 5.60. The van der Waals surface area contributed by atoms with Gasteiger partial charge in [0.2, 0.25) is 0 Å². The SMILES string of the molecule is CC1(C)CN(CC2(C=O)CCCCC2)CCO1. The van der Waals surface area contributed by atoms with Crippen LogP contribution in [0.2, 0.25) is 0 Å². The lowest BCUT2D eigenvalue weighted by atomic mass is 9.74. The molecule has 0 amide bonds. The summed E-state index contributed by atoms with van der Waals surface area (Å²) in [5.41, 5.74) is -0.122. The maximum atomic E-state index is 11.5. The molecule has 0 spiro atoms. The van der Waals surface area contributed by atoms with Crippen molar-refractivity contribution in [1.82, 2.24) is 4.90 Å². The first-order valence-electron chi connectivity index (χ1n) is 6.88. The van der Waals surface area contributed by atoms with E-state index in [1.807, 2.05) is 0 Å². The molecule has 3 nitrogen and oxygen atoms in total. The lowest BCUT2D eigenvalue weighted by Gasteiger charge is -2.43. The average molecular weight is 239 g/mol. The Bertz CT molecular complexity index is 269. The molecule has 1 aliphatic carbocycles. The highest BCUT2D eigenvalue weighted by Crippen LogP contribution is 2.36. The van der Waals surface area contributed by atoms with Gasteiger partial charge in [-0.1, -0.05) is 19.3 Å². The minimum Gasteiger partial charge on any atom is -0.373 e. The van der Waals surface area contributed by atoms with Crippen LogP contribution in [0, 0.1) is 5.41 Å². The van der Waals surface area contributed by atoms with Gasteiger partial charge in [-0.25, -0.2) is 0 Å². The van der Waals surface area contributed by atoms with Gasteiger partial charge in [0.1, 0.15) is 6.29 Å². The molecule has 1 heterocycles. The van der Waals surface area contributed by atoms with E-state index in [0.717, 1.165) is 39.1 Å². The molecule has 0 atom stereocenters. The summed E-state index contributed by atoms with van der Waals surface area (Å²) < 4.78 is 5.72. The zero-order valence-corrected chi connectivity index (χ0v) is 11.2. The molecule has 2 fully saturated rings. The van der Waals surface area contributed by atoms with Crippen LogP contribution in [0.3, 0.4) is 0 Å². The van der Waals surface area contributed by atoms with Gasteiger partial charge >= 0.3 is 0 Å². The lowest BCUT2D eigenvalue weighted by molar-refractivity contribution is -0.124. The Morgan fingerprint density at radius 2 is 1.94 bits per heavy atom. The molecule has 0 bridgehead atoms. The maximum Gasteiger partial charge on any atom is 0.127 e. The zero-order chi connectivity index (χ0) is 12.4. The highest BCUT2D eigenvalue weighted by Gasteiger charge is 2.36. The molecule has 1 aliphatic heterocycles. The minimum atomic E-state index is -0.0638. The summed E-state index contributed by atoms with van der Waals surface area (Å²) in [6.45, 7) is 7.91. The van der Waals surface area contributed by atoms with E-state index in [1.165, 1.54) is 25.5 Å². The summed E-state index contributed by atoms with van der Waals surface area (Å²) >= 11 is 0. The Labute approximate surface area is 105 Å². The second-order valence-electron chi connectivity index (χ2n) is 6.36. The quantitative estimate of drug-likeness (QED) is 0.707. The second kappa shape index (κ2) is 5.07. The van der Waals surface area contributed by atoms with E-state index < -0.39 is 0 Å². The number of nitrogens with zero attached hydrogens (tertiary/aromatic N) is 1. The van der Waals surface area contributed by atoms with Gasteiger partial charge in [0.25, 0.3) is 0 Å². The third-order valence-corrected chi connectivity index (χ3v) is 4.14. The number of hydrogen-bond acceptors (Lipinski definition) is 3. The predicted molar refractivity (Wildman–Crippen MR) is 68.1 cm³/mol. The Hall–Kier alpha value is -0.410. The van der Waals surface area contributed by atoms with Gasteiger partial charge in [-0.05, 0) is 26.7 Å². The number of ether oxygens (including phenoxy) is 1. The van der Waals surface area contributed by atoms with Gasteiger partial charge in [0, 0.05) is 25.0 Å². The molecule has 1 saturated carbocycles. The summed E-state index contributed by atoms with van der Waals surface area (Å²) in [6.07, 6.45) is 7.11. The van der Waals surface area contributed by atoms with E-state index in [2.05, 4.69) is 18.7 Å². The first-order valence-corrected chi connectivity index (χ1v) is 6.88. The normalized spacial score (nSPS) is 28.8. The topological polar surface area (TPSA) is 29.5 Å². The van der Waals surface area contributed by atoms with Crippen LogP contribution in [0.15, 0.2) is 0 Å². The molecule has 0 N–H and O–H groups in total. The first-order chi connectivity index (χ1) is 8.05. The third-order valence-electron chi connectivity index (χ3n) is 4.14. The van der Waals surface area contributed by atoms with E-state index in [9.17, 15) is 4.79 Å². The van der Waals surface area contributed by atoms with E-state index in [4.69, 9.17) is 4.74 Å². The Kier molecular flexibility index (Phi) is 3.88. The smallest absolute Gasteiger partial charge is 0.127 e. The van der Waals surface area contributed by atoms with E-state index in [-0.39, 0.29) is 11.0 Å². The van der Waals surface area contributed by atoms with Crippen LogP contribution in [0.5, 0.6) is 0 Å². The Morgan fingerprint density at radius 1 is 1.24 bits per heavy atom. The van der Waals surface area contributed by atoms with Gasteiger partial charge in [-0.3, -0.25) is 4.90 Å². The monoisotopic (exact) mass is 239 g/mol. The van der Waals surface area contributed by atoms with Gasteiger partial charge in [-0.15, -0.1) is 0 Å². The van der Waals surface area contributed by atoms with Crippen LogP contribution >= 0.6 is 0 Å². The van der Waals surface area contributed by atoms with Crippen LogP contribution in [0.25, 0.3) is 0 Å². The van der Waals surface area contributed by atoms with Crippen molar-refractivity contribution in [2.24, 2.45) is 5.41 Å². The van der Waals surface area contributed by atoms with Crippen molar-refractivity contribution in [1.29, 1.82) is 0 Å². The largest absolute Gasteiger partial charge is 0.373 e. The zero-order valence-electron chi connectivity index (χ0n) is 11.2. The van der Waals surface area contributed by atoms with Crippen LogP contribution in [0.1, 0.15) is 46.0 Å². The molecule has 17 heavy (non-hydrogen) atoms. The van der Waals surface area contributed by atoms with Crippen molar-refractivity contribution in [3.63, 3.8) is 0 Å². The van der Waals surface area contributed by atoms with Crippen molar-refractivity contribution in [3.05, 3.63) is 0 Å². The molecule has 0 aromatic heterocycles. The van der Waals surface area contributed by atoms with Gasteiger partial charge in [0.15, 0.2) is 0 Å². The molecular formula is C14H25NO2. The Balaban J connectivity index is 1.96. The third kappa shape index (κ3) is 3.29. The van der Waals surface area contributed by atoms with Crippen molar-refractivity contribution >= 4 is 6.29 Å². The van der Waals surface area contributed by atoms with Crippen LogP contribution in [-0.4, -0.2) is 43.0 Å². The van der Waals surface area contributed by atoms with Crippen molar-refractivity contribution in [2.75, 3.05) is 26.2 Å². The van der Waals surface area contributed by atoms with Gasteiger partial charge in [0.05, 0.1) is 12.2 Å². The van der Waals surface area contributed by atoms with Crippen molar-refractivity contribution < 1.29 is 9.53 Å². The fraction of sp³-hybridized carbons (Fsp3) is 0.929. The summed E-state index contributed by atoms with van der Waals surface area (Å²) in [5.74, 6) is 0. The molecule has 0 radical (unpaired) electrons. The summed E-state index contributed by atoms with van der Waals surface area (Å²) in [5, 5.41) is 0. The van der Waals surface area contributed by atoms with Crippen LogP contribution in [0.4, 0.5) is 0 Å². The molecule has 3 heteroatoms. The summed E-state index contributed by atoms with van der Waals surface area (Å²) in [4.78, 5) is 13.9. The van der Waals surface area contributed by atoms with Crippen LogP contribution in [-0.2, 0) is 9.53 Å². The van der Waals surface area contributed by atoms with Gasteiger partial charge < -0.3 is 9.53 Å². The number of hydrogen-bond donors (Lipinski definition) is 0. The molecular weight excluding hydrogens is 214 g/mol. The number of rotatable bonds is 3. The number of morpholine rings is 1. The van der Waals surface area contributed by atoms with Gasteiger partial charge in [-0.2, -0.15) is 0 Å². The summed E-state index contributed by atoms with van der Waals surface area (Å²) in [6, 6.07) is 0. The van der Waals surface area contributed by atoms with E-state index in [0.29, 0.717) is 0 Å². The van der Waals surface area contributed by atoms with E-state index >= 15 is 0 Å². The maximum absolute atomic E-state index is 11.5.